The fourth-order valence-electron chi connectivity index (χ4n) is 3.35. The van der Waals surface area contributed by atoms with Gasteiger partial charge in [0, 0.05) is 30.1 Å². The SMILES string of the molecule is SC(CCCCn1cccn1)c1nc(-c2ccccc2)c(-c2ccccc2)[nH]1. The van der Waals surface area contributed by atoms with Crippen molar-refractivity contribution in [2.45, 2.75) is 31.1 Å². The van der Waals surface area contributed by atoms with E-state index in [0.29, 0.717) is 0 Å². The first kappa shape index (κ1) is 18.6. The predicted molar refractivity (Wildman–Crippen MR) is 117 cm³/mol. The predicted octanol–water partition coefficient (Wildman–Crippen LogP) is 5.78. The molecule has 0 saturated carbocycles. The Bertz CT molecular complexity index is 921. The molecule has 0 radical (unpaired) electrons. The van der Waals surface area contributed by atoms with Gasteiger partial charge >= 0.3 is 0 Å². The molecule has 0 saturated heterocycles. The molecule has 0 aliphatic rings. The number of aryl methyl sites for hydroxylation is 1. The van der Waals surface area contributed by atoms with Gasteiger partial charge in [0.05, 0.1) is 16.6 Å². The summed E-state index contributed by atoms with van der Waals surface area (Å²) < 4.78 is 1.97. The van der Waals surface area contributed by atoms with Gasteiger partial charge in [0.2, 0.25) is 0 Å². The van der Waals surface area contributed by atoms with Gasteiger partial charge in [0.15, 0.2) is 0 Å². The first-order valence-corrected chi connectivity index (χ1v) is 10.2. The molecule has 0 spiro atoms. The zero-order valence-electron chi connectivity index (χ0n) is 15.7. The number of unbranched alkanes of at least 4 members (excludes halogenated alkanes) is 1. The number of H-pyrrole nitrogens is 1. The molecule has 0 fully saturated rings. The fourth-order valence-corrected chi connectivity index (χ4v) is 3.65. The van der Waals surface area contributed by atoms with E-state index in [1.165, 1.54) is 0 Å². The standard InChI is InChI=1S/C23H24N4S/c28-20(14-7-8-16-27-17-9-15-24-27)23-25-21(18-10-3-1-4-11-18)22(26-23)19-12-5-2-6-13-19/h1-6,9-13,15,17,20,28H,7-8,14,16H2,(H,25,26). The molecule has 142 valence electrons. The Labute approximate surface area is 171 Å². The average molecular weight is 389 g/mol. The van der Waals surface area contributed by atoms with Crippen LogP contribution in [0.5, 0.6) is 0 Å². The van der Waals surface area contributed by atoms with E-state index in [4.69, 9.17) is 17.6 Å². The third-order valence-corrected chi connectivity index (χ3v) is 5.32. The Kier molecular flexibility index (Phi) is 5.92. The maximum absolute atomic E-state index is 4.94. The van der Waals surface area contributed by atoms with Gasteiger partial charge in [-0.1, -0.05) is 67.1 Å². The molecule has 1 N–H and O–H groups in total. The molecule has 0 bridgehead atoms. The minimum atomic E-state index is 0.0811. The van der Waals surface area contributed by atoms with Crippen molar-refractivity contribution in [3.8, 4) is 22.5 Å². The lowest BCUT2D eigenvalue weighted by atomic mass is 10.1. The highest BCUT2D eigenvalue weighted by Crippen LogP contribution is 2.34. The highest BCUT2D eigenvalue weighted by atomic mass is 32.1. The van der Waals surface area contributed by atoms with Crippen molar-refractivity contribution in [1.29, 1.82) is 0 Å². The summed E-state index contributed by atoms with van der Waals surface area (Å²) in [5, 5.41) is 4.33. The lowest BCUT2D eigenvalue weighted by Gasteiger charge is -2.08. The van der Waals surface area contributed by atoms with E-state index in [9.17, 15) is 0 Å². The number of nitrogens with zero attached hydrogens (tertiary/aromatic N) is 3. The summed E-state index contributed by atoms with van der Waals surface area (Å²) in [7, 11) is 0. The summed E-state index contributed by atoms with van der Waals surface area (Å²) in [5.74, 6) is 0.931. The lowest BCUT2D eigenvalue weighted by molar-refractivity contribution is 0.540. The zero-order valence-corrected chi connectivity index (χ0v) is 16.6. The number of rotatable bonds is 8. The minimum Gasteiger partial charge on any atom is -0.341 e. The normalized spacial score (nSPS) is 12.2. The Morgan fingerprint density at radius 3 is 2.29 bits per heavy atom. The fraction of sp³-hybridized carbons (Fsp3) is 0.217. The summed E-state index contributed by atoms with van der Waals surface area (Å²) in [6.45, 7) is 0.941. The molecular formula is C23H24N4S. The van der Waals surface area contributed by atoms with Crippen LogP contribution in [0, 0.1) is 0 Å². The smallest absolute Gasteiger partial charge is 0.120 e. The highest BCUT2D eigenvalue weighted by molar-refractivity contribution is 7.80. The molecule has 0 aliphatic heterocycles. The van der Waals surface area contributed by atoms with Crippen molar-refractivity contribution < 1.29 is 0 Å². The molecule has 1 atom stereocenters. The first-order chi connectivity index (χ1) is 13.8. The van der Waals surface area contributed by atoms with E-state index >= 15 is 0 Å². The van der Waals surface area contributed by atoms with Crippen LogP contribution in [0.25, 0.3) is 22.5 Å². The van der Waals surface area contributed by atoms with Crippen molar-refractivity contribution in [3.63, 3.8) is 0 Å². The molecule has 5 heteroatoms. The van der Waals surface area contributed by atoms with Crippen LogP contribution in [-0.4, -0.2) is 19.7 Å². The average Bonchev–Trinajstić information content (AvgIpc) is 3.42. The van der Waals surface area contributed by atoms with E-state index in [1.807, 2.05) is 47.4 Å². The second-order valence-corrected chi connectivity index (χ2v) is 7.48. The molecule has 2 aromatic heterocycles. The van der Waals surface area contributed by atoms with Gasteiger partial charge in [-0.15, -0.1) is 0 Å². The summed E-state index contributed by atoms with van der Waals surface area (Å²) in [6.07, 6.45) is 6.95. The summed E-state index contributed by atoms with van der Waals surface area (Å²) >= 11 is 4.84. The van der Waals surface area contributed by atoms with Gasteiger partial charge in [-0.05, 0) is 18.9 Å². The lowest BCUT2D eigenvalue weighted by Crippen LogP contribution is -1.99. The third-order valence-electron chi connectivity index (χ3n) is 4.82. The summed E-state index contributed by atoms with van der Waals surface area (Å²) in [5.41, 5.74) is 4.29. The molecule has 0 amide bonds. The number of thiol groups is 1. The van der Waals surface area contributed by atoms with E-state index in [2.05, 4.69) is 46.5 Å². The minimum absolute atomic E-state index is 0.0811. The second kappa shape index (κ2) is 8.93. The number of nitrogens with one attached hydrogen (secondary N) is 1. The van der Waals surface area contributed by atoms with Gasteiger partial charge in [-0.3, -0.25) is 4.68 Å². The van der Waals surface area contributed by atoms with Crippen molar-refractivity contribution in [3.05, 3.63) is 84.9 Å². The highest BCUT2D eigenvalue weighted by Gasteiger charge is 2.18. The molecule has 4 rings (SSSR count). The molecule has 4 aromatic rings. The van der Waals surface area contributed by atoms with Crippen molar-refractivity contribution in [2.75, 3.05) is 0 Å². The van der Waals surface area contributed by atoms with Gasteiger partial charge < -0.3 is 4.98 Å². The molecule has 4 nitrogen and oxygen atoms in total. The maximum Gasteiger partial charge on any atom is 0.120 e. The van der Waals surface area contributed by atoms with Crippen LogP contribution >= 0.6 is 12.6 Å². The quantitative estimate of drug-likeness (QED) is 0.297. The monoisotopic (exact) mass is 388 g/mol. The number of imidazole rings is 1. The van der Waals surface area contributed by atoms with Crippen molar-refractivity contribution in [2.24, 2.45) is 0 Å². The molecular weight excluding hydrogens is 364 g/mol. The number of aromatic amines is 1. The topological polar surface area (TPSA) is 46.5 Å². The van der Waals surface area contributed by atoms with Gasteiger partial charge in [-0.2, -0.15) is 17.7 Å². The Hall–Kier alpha value is -2.79. The van der Waals surface area contributed by atoms with Gasteiger partial charge in [0.25, 0.3) is 0 Å². The Morgan fingerprint density at radius 1 is 0.893 bits per heavy atom. The van der Waals surface area contributed by atoms with Crippen LogP contribution in [0.3, 0.4) is 0 Å². The summed E-state index contributed by atoms with van der Waals surface area (Å²) in [4.78, 5) is 8.48. The summed E-state index contributed by atoms with van der Waals surface area (Å²) in [6, 6.07) is 22.6. The zero-order chi connectivity index (χ0) is 19.2. The van der Waals surface area contributed by atoms with E-state index in [1.54, 1.807) is 0 Å². The van der Waals surface area contributed by atoms with Crippen molar-refractivity contribution >= 4 is 12.6 Å². The number of aromatic nitrogens is 4. The third kappa shape index (κ3) is 4.37. The van der Waals surface area contributed by atoms with Crippen LogP contribution in [-0.2, 0) is 6.54 Å². The van der Waals surface area contributed by atoms with Crippen LogP contribution < -0.4 is 0 Å². The maximum atomic E-state index is 4.94. The molecule has 2 aromatic carbocycles. The molecule has 1 unspecified atom stereocenters. The van der Waals surface area contributed by atoms with Gasteiger partial charge in [-0.25, -0.2) is 4.98 Å². The van der Waals surface area contributed by atoms with E-state index in [0.717, 1.165) is 54.1 Å². The van der Waals surface area contributed by atoms with Crippen LogP contribution in [0.1, 0.15) is 30.3 Å². The number of hydrogen-bond acceptors (Lipinski definition) is 3. The van der Waals surface area contributed by atoms with Crippen LogP contribution in [0.2, 0.25) is 0 Å². The van der Waals surface area contributed by atoms with Crippen LogP contribution in [0.4, 0.5) is 0 Å². The Balaban J connectivity index is 1.51. The second-order valence-electron chi connectivity index (χ2n) is 6.86. The largest absolute Gasteiger partial charge is 0.341 e. The Morgan fingerprint density at radius 2 is 1.61 bits per heavy atom. The molecule has 28 heavy (non-hydrogen) atoms. The van der Waals surface area contributed by atoms with Gasteiger partial charge in [0.1, 0.15) is 5.82 Å². The van der Waals surface area contributed by atoms with Crippen LogP contribution in [0.15, 0.2) is 79.1 Å². The molecule has 0 aliphatic carbocycles. The van der Waals surface area contributed by atoms with Crippen molar-refractivity contribution in [1.82, 2.24) is 19.7 Å². The number of hydrogen-bond donors (Lipinski definition) is 2. The molecule has 2 heterocycles. The van der Waals surface area contributed by atoms with E-state index < -0.39 is 0 Å². The number of benzene rings is 2. The van der Waals surface area contributed by atoms with E-state index in [-0.39, 0.29) is 5.25 Å². The first-order valence-electron chi connectivity index (χ1n) is 9.67.